The van der Waals surface area contributed by atoms with Gasteiger partial charge < -0.3 is 14.2 Å². The van der Waals surface area contributed by atoms with Gasteiger partial charge in [-0.25, -0.2) is 0 Å². The zero-order chi connectivity index (χ0) is 43.7. The maximum Gasteiger partial charge on any atom is 0.306 e. The summed E-state index contributed by atoms with van der Waals surface area (Å²) < 4.78 is 16.7. The molecule has 0 aliphatic heterocycles. The van der Waals surface area contributed by atoms with Crippen molar-refractivity contribution >= 4 is 17.9 Å². The lowest BCUT2D eigenvalue weighted by molar-refractivity contribution is -0.167. The second-order valence-corrected chi connectivity index (χ2v) is 16.7. The maximum atomic E-state index is 12.7. The molecule has 0 spiro atoms. The number of esters is 3. The Bertz CT molecular complexity index is 1100. The maximum absolute atomic E-state index is 12.7. The van der Waals surface area contributed by atoms with E-state index >= 15 is 0 Å². The predicted octanol–water partition coefficient (Wildman–Crippen LogP) is 16.5. The van der Waals surface area contributed by atoms with Crippen LogP contribution in [0.15, 0.2) is 60.8 Å². The second kappa shape index (κ2) is 48.8. The van der Waals surface area contributed by atoms with Crippen LogP contribution < -0.4 is 0 Å². The fourth-order valence-corrected chi connectivity index (χ4v) is 6.89. The molecule has 60 heavy (non-hydrogen) atoms. The standard InChI is InChI=1S/C54H94O6/c1-4-7-10-13-16-19-21-23-25-26-27-28-30-31-33-35-38-41-44-47-53(56)59-50-51(49-58-52(55)46-43-40-37-18-15-12-9-6-3)60-54(57)48-45-42-39-36-34-32-29-24-22-20-17-14-11-8-5-2/h16-17,19-20,23-25,27-29,51H,4-15,18,21-22,26,30-50H2,1-3H3/b19-16-,20-17-,25-23-,28-27-,29-24-. The van der Waals surface area contributed by atoms with Crippen LogP contribution in [-0.4, -0.2) is 37.2 Å². The fraction of sp³-hybridized carbons (Fsp3) is 0.759. The van der Waals surface area contributed by atoms with Gasteiger partial charge in [0.2, 0.25) is 0 Å². The van der Waals surface area contributed by atoms with E-state index in [1.54, 1.807) is 0 Å². The molecule has 0 aromatic heterocycles. The Labute approximate surface area is 370 Å². The SMILES string of the molecule is CCCCC/C=C\C/C=C\C/C=C\CCCCCCCCC(=O)OCC(COC(=O)CCCCCCCCCC)OC(=O)CCCCCCC/C=C\C/C=C\CCCCC. The molecule has 0 aliphatic carbocycles. The highest BCUT2D eigenvalue weighted by atomic mass is 16.6. The summed E-state index contributed by atoms with van der Waals surface area (Å²) in [6, 6.07) is 0. The molecule has 0 aromatic carbocycles. The molecule has 0 heterocycles. The van der Waals surface area contributed by atoms with Crippen LogP contribution in [0.1, 0.15) is 245 Å². The van der Waals surface area contributed by atoms with Gasteiger partial charge in [-0.2, -0.15) is 0 Å². The zero-order valence-corrected chi connectivity index (χ0v) is 39.5. The molecule has 0 N–H and O–H groups in total. The van der Waals surface area contributed by atoms with Gasteiger partial charge >= 0.3 is 17.9 Å². The second-order valence-electron chi connectivity index (χ2n) is 16.7. The van der Waals surface area contributed by atoms with E-state index in [0.717, 1.165) is 103 Å². The Kier molecular flexibility index (Phi) is 46.4. The summed E-state index contributed by atoms with van der Waals surface area (Å²) >= 11 is 0. The van der Waals surface area contributed by atoms with Crippen LogP contribution in [0.25, 0.3) is 0 Å². The van der Waals surface area contributed by atoms with Crippen LogP contribution in [0.3, 0.4) is 0 Å². The first-order valence-electron chi connectivity index (χ1n) is 25.3. The number of unbranched alkanes of at least 4 members (excludes halogenated alkanes) is 24. The first-order valence-corrected chi connectivity index (χ1v) is 25.3. The van der Waals surface area contributed by atoms with E-state index in [-0.39, 0.29) is 31.1 Å². The van der Waals surface area contributed by atoms with Crippen LogP contribution in [0, 0.1) is 0 Å². The minimum absolute atomic E-state index is 0.0836. The number of carbonyl (C=O) groups excluding carboxylic acids is 3. The molecule has 1 atom stereocenters. The zero-order valence-electron chi connectivity index (χ0n) is 39.5. The third-order valence-electron chi connectivity index (χ3n) is 10.7. The third kappa shape index (κ3) is 46.2. The number of allylic oxidation sites excluding steroid dienone is 10. The molecule has 6 heteroatoms. The first kappa shape index (κ1) is 57.1. The van der Waals surface area contributed by atoms with E-state index in [1.165, 1.54) is 103 Å². The highest BCUT2D eigenvalue weighted by Gasteiger charge is 2.19. The smallest absolute Gasteiger partial charge is 0.306 e. The monoisotopic (exact) mass is 839 g/mol. The van der Waals surface area contributed by atoms with Gasteiger partial charge in [0.05, 0.1) is 0 Å². The van der Waals surface area contributed by atoms with Crippen molar-refractivity contribution in [3.63, 3.8) is 0 Å². The lowest BCUT2D eigenvalue weighted by Gasteiger charge is -2.18. The molecule has 0 radical (unpaired) electrons. The lowest BCUT2D eigenvalue weighted by Crippen LogP contribution is -2.30. The first-order chi connectivity index (χ1) is 29.5. The summed E-state index contributed by atoms with van der Waals surface area (Å²) in [5, 5.41) is 0. The molecule has 0 saturated carbocycles. The Hall–Kier alpha value is -2.89. The van der Waals surface area contributed by atoms with Gasteiger partial charge in [0.1, 0.15) is 13.2 Å². The Balaban J connectivity index is 4.34. The van der Waals surface area contributed by atoms with Gasteiger partial charge in [0.15, 0.2) is 6.10 Å². The van der Waals surface area contributed by atoms with E-state index in [1.807, 2.05) is 0 Å². The van der Waals surface area contributed by atoms with Gasteiger partial charge in [0, 0.05) is 19.3 Å². The summed E-state index contributed by atoms with van der Waals surface area (Å²) in [6.45, 7) is 6.53. The number of hydrogen-bond donors (Lipinski definition) is 0. The normalized spacial score (nSPS) is 12.5. The molecule has 0 saturated heterocycles. The summed E-state index contributed by atoms with van der Waals surface area (Å²) in [5.74, 6) is -0.913. The number of hydrogen-bond acceptors (Lipinski definition) is 6. The highest BCUT2D eigenvalue weighted by Crippen LogP contribution is 2.14. The van der Waals surface area contributed by atoms with E-state index in [9.17, 15) is 14.4 Å². The molecule has 6 nitrogen and oxygen atoms in total. The lowest BCUT2D eigenvalue weighted by atomic mass is 10.1. The van der Waals surface area contributed by atoms with Crippen molar-refractivity contribution in [1.29, 1.82) is 0 Å². The summed E-state index contributed by atoms with van der Waals surface area (Å²) in [5.41, 5.74) is 0. The van der Waals surface area contributed by atoms with Crippen molar-refractivity contribution in [2.24, 2.45) is 0 Å². The van der Waals surface area contributed by atoms with Gasteiger partial charge in [-0.05, 0) is 89.9 Å². The highest BCUT2D eigenvalue weighted by molar-refractivity contribution is 5.71. The molecule has 0 fully saturated rings. The van der Waals surface area contributed by atoms with Gasteiger partial charge in [0.25, 0.3) is 0 Å². The summed E-state index contributed by atoms with van der Waals surface area (Å²) in [4.78, 5) is 37.8. The molecule has 0 amide bonds. The molecule has 0 bridgehead atoms. The molecule has 0 aliphatic rings. The van der Waals surface area contributed by atoms with Crippen molar-refractivity contribution in [3.05, 3.63) is 60.8 Å². The minimum Gasteiger partial charge on any atom is -0.462 e. The molecule has 1 unspecified atom stereocenters. The summed E-state index contributed by atoms with van der Waals surface area (Å²) in [6.07, 6.45) is 59.2. The van der Waals surface area contributed by atoms with Crippen LogP contribution in [0.5, 0.6) is 0 Å². The van der Waals surface area contributed by atoms with Gasteiger partial charge in [-0.3, -0.25) is 14.4 Å². The van der Waals surface area contributed by atoms with Gasteiger partial charge in [-0.15, -0.1) is 0 Å². The topological polar surface area (TPSA) is 78.9 Å². The van der Waals surface area contributed by atoms with Gasteiger partial charge in [-0.1, -0.05) is 197 Å². The molecule has 346 valence electrons. The van der Waals surface area contributed by atoms with Crippen molar-refractivity contribution in [2.45, 2.75) is 252 Å². The Morgan fingerprint density at radius 2 is 0.600 bits per heavy atom. The van der Waals surface area contributed by atoms with Crippen LogP contribution in [0.2, 0.25) is 0 Å². The molecular weight excluding hydrogens is 745 g/mol. The Morgan fingerprint density at radius 3 is 0.967 bits per heavy atom. The van der Waals surface area contributed by atoms with Crippen LogP contribution >= 0.6 is 0 Å². The molecular formula is C54H94O6. The fourth-order valence-electron chi connectivity index (χ4n) is 6.89. The minimum atomic E-state index is -0.783. The third-order valence-corrected chi connectivity index (χ3v) is 10.7. The largest absolute Gasteiger partial charge is 0.462 e. The van der Waals surface area contributed by atoms with Crippen LogP contribution in [-0.2, 0) is 28.6 Å². The number of carbonyl (C=O) groups is 3. The van der Waals surface area contributed by atoms with Crippen molar-refractivity contribution in [2.75, 3.05) is 13.2 Å². The van der Waals surface area contributed by atoms with Crippen molar-refractivity contribution < 1.29 is 28.6 Å². The summed E-state index contributed by atoms with van der Waals surface area (Å²) in [7, 11) is 0. The average Bonchev–Trinajstić information content (AvgIpc) is 3.24. The molecule has 0 rings (SSSR count). The predicted molar refractivity (Wildman–Crippen MR) is 256 cm³/mol. The average molecular weight is 839 g/mol. The van der Waals surface area contributed by atoms with E-state index in [2.05, 4.69) is 81.5 Å². The molecule has 0 aromatic rings. The van der Waals surface area contributed by atoms with E-state index in [0.29, 0.717) is 19.3 Å². The number of ether oxygens (including phenoxy) is 3. The number of rotatable bonds is 45. The van der Waals surface area contributed by atoms with E-state index < -0.39 is 6.10 Å². The van der Waals surface area contributed by atoms with Crippen molar-refractivity contribution in [1.82, 2.24) is 0 Å². The Morgan fingerprint density at radius 1 is 0.333 bits per heavy atom. The quantitative estimate of drug-likeness (QED) is 0.0263. The van der Waals surface area contributed by atoms with Crippen LogP contribution in [0.4, 0.5) is 0 Å². The van der Waals surface area contributed by atoms with E-state index in [4.69, 9.17) is 14.2 Å². The van der Waals surface area contributed by atoms with Crippen molar-refractivity contribution in [3.8, 4) is 0 Å².